The number of non-ortho nitro benzene ring substituents is 1. The van der Waals surface area contributed by atoms with Crippen LogP contribution in [-0.4, -0.2) is 16.5 Å². The highest BCUT2D eigenvalue weighted by Gasteiger charge is 2.11. The third-order valence-electron chi connectivity index (χ3n) is 3.65. The lowest BCUT2D eigenvalue weighted by Crippen LogP contribution is -2.06. The minimum absolute atomic E-state index is 0.0993. The molecule has 0 radical (unpaired) electrons. The van der Waals surface area contributed by atoms with E-state index in [1.807, 2.05) is 35.7 Å². The predicted octanol–water partition coefficient (Wildman–Crippen LogP) is 4.90. The van der Waals surface area contributed by atoms with Crippen molar-refractivity contribution in [2.75, 3.05) is 11.9 Å². The summed E-state index contributed by atoms with van der Waals surface area (Å²) >= 11 is 7.56. The minimum Gasteiger partial charge on any atom is -0.384 e. The average Bonchev–Trinajstić information content (AvgIpc) is 3.10. The summed E-state index contributed by atoms with van der Waals surface area (Å²) < 4.78 is 0. The number of nitrogens with one attached hydrogen (secondary N) is 1. The SMILES string of the molecule is N#Cc1cc([N+](=O)[O-])ccc1NCCc1csc(-c2cccc(Cl)c2)n1. The van der Waals surface area contributed by atoms with Crippen LogP contribution < -0.4 is 5.32 Å². The maximum Gasteiger partial charge on any atom is 0.270 e. The first-order chi connectivity index (χ1) is 12.6. The van der Waals surface area contributed by atoms with Crippen LogP contribution in [0.5, 0.6) is 0 Å². The highest BCUT2D eigenvalue weighted by molar-refractivity contribution is 7.13. The van der Waals surface area contributed by atoms with Gasteiger partial charge in [0.2, 0.25) is 0 Å². The molecule has 1 N–H and O–H groups in total. The fourth-order valence-corrected chi connectivity index (χ4v) is 3.44. The van der Waals surface area contributed by atoms with Gasteiger partial charge in [0.1, 0.15) is 11.1 Å². The first kappa shape index (κ1) is 17.9. The number of anilines is 1. The lowest BCUT2D eigenvalue weighted by Gasteiger charge is -2.07. The van der Waals surface area contributed by atoms with Crippen molar-refractivity contribution in [2.45, 2.75) is 6.42 Å². The Bertz CT molecular complexity index is 997. The monoisotopic (exact) mass is 384 g/mol. The van der Waals surface area contributed by atoms with E-state index in [9.17, 15) is 10.1 Å². The van der Waals surface area contributed by atoms with Crippen LogP contribution in [0.25, 0.3) is 10.6 Å². The number of rotatable bonds is 6. The summed E-state index contributed by atoms with van der Waals surface area (Å²) in [5.41, 5.74) is 2.62. The zero-order valence-corrected chi connectivity index (χ0v) is 15.0. The van der Waals surface area contributed by atoms with Crippen LogP contribution >= 0.6 is 22.9 Å². The molecule has 0 fully saturated rings. The fourth-order valence-electron chi connectivity index (χ4n) is 2.39. The molecule has 26 heavy (non-hydrogen) atoms. The lowest BCUT2D eigenvalue weighted by atomic mass is 10.1. The Morgan fingerprint density at radius 1 is 1.31 bits per heavy atom. The van der Waals surface area contributed by atoms with Crippen LogP contribution in [0.1, 0.15) is 11.3 Å². The van der Waals surface area contributed by atoms with Gasteiger partial charge in [-0.2, -0.15) is 5.26 Å². The first-order valence-electron chi connectivity index (χ1n) is 7.69. The van der Waals surface area contributed by atoms with Gasteiger partial charge in [0.15, 0.2) is 0 Å². The van der Waals surface area contributed by atoms with Gasteiger partial charge in [-0.05, 0) is 18.2 Å². The zero-order valence-electron chi connectivity index (χ0n) is 13.5. The topological polar surface area (TPSA) is 91.8 Å². The maximum atomic E-state index is 10.8. The highest BCUT2D eigenvalue weighted by atomic mass is 35.5. The Morgan fingerprint density at radius 2 is 2.15 bits per heavy atom. The van der Waals surface area contributed by atoms with Crippen molar-refractivity contribution in [1.82, 2.24) is 4.98 Å². The summed E-state index contributed by atoms with van der Waals surface area (Å²) in [6.07, 6.45) is 0.666. The molecule has 0 bridgehead atoms. The Morgan fingerprint density at radius 3 is 2.88 bits per heavy atom. The summed E-state index contributed by atoms with van der Waals surface area (Å²) in [5, 5.41) is 26.6. The molecule has 0 saturated carbocycles. The molecule has 6 nitrogen and oxygen atoms in total. The number of benzene rings is 2. The second-order valence-electron chi connectivity index (χ2n) is 5.43. The van der Waals surface area contributed by atoms with Gasteiger partial charge in [0.05, 0.1) is 21.9 Å². The van der Waals surface area contributed by atoms with Gasteiger partial charge in [-0.1, -0.05) is 23.7 Å². The summed E-state index contributed by atoms with van der Waals surface area (Å²) in [5.74, 6) is 0. The van der Waals surface area contributed by atoms with E-state index < -0.39 is 4.92 Å². The number of halogens is 1. The molecule has 0 aliphatic heterocycles. The van der Waals surface area contributed by atoms with Gasteiger partial charge in [-0.3, -0.25) is 10.1 Å². The van der Waals surface area contributed by atoms with Crippen molar-refractivity contribution in [2.24, 2.45) is 0 Å². The smallest absolute Gasteiger partial charge is 0.270 e. The number of thiazole rings is 1. The van der Waals surface area contributed by atoms with Crippen molar-refractivity contribution in [3.05, 3.63) is 74.2 Å². The van der Waals surface area contributed by atoms with Crippen molar-refractivity contribution < 1.29 is 4.92 Å². The Kier molecular flexibility index (Phi) is 5.46. The molecule has 0 amide bonds. The van der Waals surface area contributed by atoms with Crippen LogP contribution in [0.4, 0.5) is 11.4 Å². The molecule has 1 aromatic heterocycles. The van der Waals surface area contributed by atoms with Crippen LogP contribution in [0.2, 0.25) is 5.02 Å². The molecule has 130 valence electrons. The number of aromatic nitrogens is 1. The molecular weight excluding hydrogens is 372 g/mol. The second-order valence-corrected chi connectivity index (χ2v) is 6.72. The van der Waals surface area contributed by atoms with Crippen LogP contribution in [0.15, 0.2) is 47.8 Å². The van der Waals surface area contributed by atoms with Gasteiger partial charge in [-0.25, -0.2) is 4.98 Å². The molecule has 1 heterocycles. The molecule has 2 aromatic carbocycles. The first-order valence-corrected chi connectivity index (χ1v) is 8.95. The molecular formula is C18H13ClN4O2S. The van der Waals surface area contributed by atoms with E-state index in [1.54, 1.807) is 17.4 Å². The van der Waals surface area contributed by atoms with E-state index in [-0.39, 0.29) is 11.3 Å². The quantitative estimate of drug-likeness (QED) is 0.482. The largest absolute Gasteiger partial charge is 0.384 e. The average molecular weight is 385 g/mol. The maximum absolute atomic E-state index is 10.8. The molecule has 3 rings (SSSR count). The van der Waals surface area contributed by atoms with Crippen molar-refractivity contribution in [3.63, 3.8) is 0 Å². The molecule has 8 heteroatoms. The van der Waals surface area contributed by atoms with Crippen molar-refractivity contribution in [1.29, 1.82) is 5.26 Å². The van der Waals surface area contributed by atoms with E-state index in [4.69, 9.17) is 16.9 Å². The van der Waals surface area contributed by atoms with E-state index in [1.165, 1.54) is 12.1 Å². The summed E-state index contributed by atoms with van der Waals surface area (Å²) in [6.45, 7) is 0.561. The Labute approximate surface area is 158 Å². The van der Waals surface area contributed by atoms with Crippen molar-refractivity contribution in [3.8, 4) is 16.6 Å². The minimum atomic E-state index is -0.517. The van der Waals surface area contributed by atoms with Gasteiger partial charge < -0.3 is 5.32 Å². The zero-order chi connectivity index (χ0) is 18.5. The number of nitrogens with zero attached hydrogens (tertiary/aromatic N) is 3. The summed E-state index contributed by atoms with van der Waals surface area (Å²) in [4.78, 5) is 14.9. The van der Waals surface area contributed by atoms with Crippen LogP contribution in [0.3, 0.4) is 0 Å². The van der Waals surface area contributed by atoms with Crippen LogP contribution in [-0.2, 0) is 6.42 Å². The van der Waals surface area contributed by atoms with E-state index in [0.717, 1.165) is 16.3 Å². The number of nitro benzene ring substituents is 1. The predicted molar refractivity (Wildman–Crippen MR) is 103 cm³/mol. The molecule has 0 saturated heterocycles. The second kappa shape index (κ2) is 7.95. The number of hydrogen-bond acceptors (Lipinski definition) is 6. The van der Waals surface area contributed by atoms with E-state index in [2.05, 4.69) is 10.3 Å². The molecule has 3 aromatic rings. The van der Waals surface area contributed by atoms with Gasteiger partial charge >= 0.3 is 0 Å². The standard InChI is InChI=1S/C18H13ClN4O2S/c19-14-3-1-2-12(8-14)18-22-15(11-26-18)6-7-21-17-5-4-16(23(24)25)9-13(17)10-20/h1-5,8-9,11,21H,6-7H2. The summed E-state index contributed by atoms with van der Waals surface area (Å²) in [6, 6.07) is 13.7. The fraction of sp³-hybridized carbons (Fsp3) is 0.111. The molecule has 0 spiro atoms. The molecule has 0 aliphatic rings. The van der Waals surface area contributed by atoms with Gasteiger partial charge in [0, 0.05) is 41.1 Å². The van der Waals surface area contributed by atoms with Gasteiger partial charge in [-0.15, -0.1) is 11.3 Å². The normalized spacial score (nSPS) is 10.3. The molecule has 0 aliphatic carbocycles. The van der Waals surface area contributed by atoms with E-state index >= 15 is 0 Å². The van der Waals surface area contributed by atoms with Crippen LogP contribution in [0, 0.1) is 21.4 Å². The van der Waals surface area contributed by atoms with Crippen molar-refractivity contribution >= 4 is 34.3 Å². The Hall–Kier alpha value is -2.95. The van der Waals surface area contributed by atoms with E-state index in [0.29, 0.717) is 23.7 Å². The number of hydrogen-bond donors (Lipinski definition) is 1. The third-order valence-corrected chi connectivity index (χ3v) is 4.83. The Balaban J connectivity index is 1.64. The lowest BCUT2D eigenvalue weighted by molar-refractivity contribution is -0.384. The molecule has 0 unspecified atom stereocenters. The third kappa shape index (κ3) is 4.17. The number of nitro groups is 1. The number of nitriles is 1. The highest BCUT2D eigenvalue weighted by Crippen LogP contribution is 2.26. The summed E-state index contributed by atoms with van der Waals surface area (Å²) in [7, 11) is 0. The van der Waals surface area contributed by atoms with Gasteiger partial charge in [0.25, 0.3) is 5.69 Å². The molecule has 0 atom stereocenters.